The zero-order chi connectivity index (χ0) is 13.1. The standard InChI is InChI=1S/C12H21NO3S/c1-10(11-6-5-8-16-11)13-7-9-17(14,15)12(2,3)4/h5-6,8,10,13H,7,9H2,1-4H3/t10-/m1/s1. The van der Waals surface area contributed by atoms with E-state index in [4.69, 9.17) is 4.42 Å². The van der Waals surface area contributed by atoms with Crippen molar-refractivity contribution in [2.45, 2.75) is 38.5 Å². The Bertz CT molecular complexity index is 429. The summed E-state index contributed by atoms with van der Waals surface area (Å²) in [5.41, 5.74) is 0. The van der Waals surface area contributed by atoms with Crippen molar-refractivity contribution >= 4 is 9.84 Å². The Morgan fingerprint density at radius 2 is 2.06 bits per heavy atom. The monoisotopic (exact) mass is 259 g/mol. The molecule has 0 amide bonds. The van der Waals surface area contributed by atoms with Crippen molar-refractivity contribution in [2.24, 2.45) is 0 Å². The Morgan fingerprint density at radius 1 is 1.41 bits per heavy atom. The Hall–Kier alpha value is -0.810. The molecule has 1 atom stereocenters. The van der Waals surface area contributed by atoms with E-state index in [1.807, 2.05) is 19.1 Å². The normalized spacial score (nSPS) is 14.8. The van der Waals surface area contributed by atoms with Crippen LogP contribution in [0.15, 0.2) is 22.8 Å². The summed E-state index contributed by atoms with van der Waals surface area (Å²) in [6.45, 7) is 7.54. The maximum Gasteiger partial charge on any atom is 0.156 e. The molecule has 0 unspecified atom stereocenters. The zero-order valence-corrected chi connectivity index (χ0v) is 11.7. The fourth-order valence-corrected chi connectivity index (χ4v) is 2.35. The van der Waals surface area contributed by atoms with Crippen LogP contribution < -0.4 is 5.32 Å². The SMILES string of the molecule is C[C@@H](NCCS(=O)(=O)C(C)(C)C)c1ccco1. The molecule has 0 radical (unpaired) electrons. The van der Waals surface area contributed by atoms with E-state index in [2.05, 4.69) is 5.32 Å². The van der Waals surface area contributed by atoms with Crippen LogP contribution in [0, 0.1) is 0 Å². The van der Waals surface area contributed by atoms with Crippen LogP contribution >= 0.6 is 0 Å². The summed E-state index contributed by atoms with van der Waals surface area (Å²) in [5, 5.41) is 3.14. The minimum absolute atomic E-state index is 0.0279. The molecule has 1 N–H and O–H groups in total. The van der Waals surface area contributed by atoms with Crippen LogP contribution in [0.4, 0.5) is 0 Å². The van der Waals surface area contributed by atoms with Gasteiger partial charge in [-0.3, -0.25) is 0 Å². The molecule has 0 saturated carbocycles. The van der Waals surface area contributed by atoms with Crippen molar-refractivity contribution in [1.82, 2.24) is 5.32 Å². The second kappa shape index (κ2) is 5.23. The van der Waals surface area contributed by atoms with Gasteiger partial charge in [0.05, 0.1) is 22.8 Å². The highest BCUT2D eigenvalue weighted by molar-refractivity contribution is 7.92. The van der Waals surface area contributed by atoms with Gasteiger partial charge >= 0.3 is 0 Å². The highest BCUT2D eigenvalue weighted by atomic mass is 32.2. The van der Waals surface area contributed by atoms with Crippen LogP contribution in [0.1, 0.15) is 39.5 Å². The van der Waals surface area contributed by atoms with E-state index in [0.29, 0.717) is 6.54 Å². The number of nitrogens with one attached hydrogen (secondary N) is 1. The topological polar surface area (TPSA) is 59.3 Å². The second-order valence-electron chi connectivity index (χ2n) is 5.12. The van der Waals surface area contributed by atoms with E-state index in [-0.39, 0.29) is 11.8 Å². The zero-order valence-electron chi connectivity index (χ0n) is 10.9. The lowest BCUT2D eigenvalue weighted by Crippen LogP contribution is -2.35. The molecule has 0 spiro atoms. The Kier molecular flexibility index (Phi) is 4.38. The first kappa shape index (κ1) is 14.3. The first-order valence-electron chi connectivity index (χ1n) is 5.73. The third kappa shape index (κ3) is 3.85. The van der Waals surface area contributed by atoms with E-state index < -0.39 is 14.6 Å². The quantitative estimate of drug-likeness (QED) is 0.880. The van der Waals surface area contributed by atoms with Crippen molar-refractivity contribution < 1.29 is 12.8 Å². The van der Waals surface area contributed by atoms with Crippen LogP contribution in [0.2, 0.25) is 0 Å². The lowest BCUT2D eigenvalue weighted by atomic mass is 10.2. The third-order valence-electron chi connectivity index (χ3n) is 2.72. The minimum atomic E-state index is -3.06. The third-order valence-corrected chi connectivity index (χ3v) is 5.33. The average molecular weight is 259 g/mol. The molecule has 98 valence electrons. The van der Waals surface area contributed by atoms with Gasteiger partial charge in [-0.25, -0.2) is 8.42 Å². The van der Waals surface area contributed by atoms with Gasteiger partial charge in [0.2, 0.25) is 0 Å². The van der Waals surface area contributed by atoms with Crippen molar-refractivity contribution in [1.29, 1.82) is 0 Å². The first-order chi connectivity index (χ1) is 7.74. The Balaban J connectivity index is 2.44. The van der Waals surface area contributed by atoms with Gasteiger partial charge in [-0.05, 0) is 39.8 Å². The average Bonchev–Trinajstić information content (AvgIpc) is 2.67. The maximum atomic E-state index is 11.9. The van der Waals surface area contributed by atoms with Gasteiger partial charge in [-0.1, -0.05) is 0 Å². The van der Waals surface area contributed by atoms with Gasteiger partial charge in [-0.2, -0.15) is 0 Å². The molecule has 0 aromatic carbocycles. The number of rotatable bonds is 5. The lowest BCUT2D eigenvalue weighted by molar-refractivity contribution is 0.436. The van der Waals surface area contributed by atoms with Gasteiger partial charge in [0.25, 0.3) is 0 Å². The van der Waals surface area contributed by atoms with Crippen LogP contribution in [-0.2, 0) is 9.84 Å². The predicted octanol–water partition coefficient (Wildman–Crippen LogP) is 2.14. The summed E-state index contributed by atoms with van der Waals surface area (Å²) >= 11 is 0. The molecule has 0 aliphatic carbocycles. The molecule has 1 aromatic heterocycles. The molecule has 0 bridgehead atoms. The molecule has 0 saturated heterocycles. The van der Waals surface area contributed by atoms with E-state index >= 15 is 0 Å². The van der Waals surface area contributed by atoms with E-state index in [1.54, 1.807) is 27.0 Å². The fourth-order valence-electron chi connectivity index (χ4n) is 1.35. The summed E-state index contributed by atoms with van der Waals surface area (Å²) < 4.78 is 28.3. The molecule has 17 heavy (non-hydrogen) atoms. The van der Waals surface area contributed by atoms with Gasteiger partial charge in [0.1, 0.15) is 5.76 Å². The van der Waals surface area contributed by atoms with E-state index in [1.165, 1.54) is 0 Å². The molecular formula is C12H21NO3S. The second-order valence-corrected chi connectivity index (χ2v) is 7.98. The van der Waals surface area contributed by atoms with E-state index in [0.717, 1.165) is 5.76 Å². The molecule has 4 nitrogen and oxygen atoms in total. The number of hydrogen-bond acceptors (Lipinski definition) is 4. The summed E-state index contributed by atoms with van der Waals surface area (Å²) in [6.07, 6.45) is 1.61. The lowest BCUT2D eigenvalue weighted by Gasteiger charge is -2.20. The Morgan fingerprint density at radius 3 is 2.53 bits per heavy atom. The minimum Gasteiger partial charge on any atom is -0.468 e. The predicted molar refractivity (Wildman–Crippen MR) is 68.7 cm³/mol. The number of hydrogen-bond donors (Lipinski definition) is 1. The number of furan rings is 1. The largest absolute Gasteiger partial charge is 0.468 e. The smallest absolute Gasteiger partial charge is 0.156 e. The van der Waals surface area contributed by atoms with Crippen molar-refractivity contribution in [2.75, 3.05) is 12.3 Å². The van der Waals surface area contributed by atoms with E-state index in [9.17, 15) is 8.42 Å². The van der Waals surface area contributed by atoms with Crippen molar-refractivity contribution in [3.63, 3.8) is 0 Å². The van der Waals surface area contributed by atoms with Crippen LogP contribution in [0.25, 0.3) is 0 Å². The fraction of sp³-hybridized carbons (Fsp3) is 0.667. The van der Waals surface area contributed by atoms with Gasteiger partial charge in [-0.15, -0.1) is 0 Å². The summed E-state index contributed by atoms with van der Waals surface area (Å²) in [7, 11) is -3.06. The van der Waals surface area contributed by atoms with Crippen molar-refractivity contribution in [3.05, 3.63) is 24.2 Å². The Labute approximate surface area is 103 Å². The number of sulfone groups is 1. The summed E-state index contributed by atoms with van der Waals surface area (Å²) in [5.74, 6) is 0.958. The molecule has 0 aliphatic heterocycles. The molecule has 1 aromatic rings. The highest BCUT2D eigenvalue weighted by Gasteiger charge is 2.28. The van der Waals surface area contributed by atoms with Crippen LogP contribution in [0.5, 0.6) is 0 Å². The van der Waals surface area contributed by atoms with Gasteiger partial charge in [0.15, 0.2) is 9.84 Å². The highest BCUT2D eigenvalue weighted by Crippen LogP contribution is 2.16. The van der Waals surface area contributed by atoms with Crippen molar-refractivity contribution in [3.8, 4) is 0 Å². The molecule has 1 rings (SSSR count). The van der Waals surface area contributed by atoms with Crippen LogP contribution in [-0.4, -0.2) is 25.5 Å². The molecule has 0 aliphatic rings. The molecule has 5 heteroatoms. The molecule has 0 fully saturated rings. The van der Waals surface area contributed by atoms with Gasteiger partial charge in [0, 0.05) is 6.54 Å². The van der Waals surface area contributed by atoms with Crippen LogP contribution in [0.3, 0.4) is 0 Å². The first-order valence-corrected chi connectivity index (χ1v) is 7.38. The summed E-state index contributed by atoms with van der Waals surface area (Å²) in [4.78, 5) is 0. The summed E-state index contributed by atoms with van der Waals surface area (Å²) in [6, 6.07) is 3.72. The maximum absolute atomic E-state index is 11.9. The van der Waals surface area contributed by atoms with Gasteiger partial charge < -0.3 is 9.73 Å². The molecular weight excluding hydrogens is 238 g/mol. The molecule has 1 heterocycles.